The van der Waals surface area contributed by atoms with Crippen LogP contribution in [-0.4, -0.2) is 25.4 Å². The van der Waals surface area contributed by atoms with Gasteiger partial charge in [0.2, 0.25) is 0 Å². The molecule has 1 fully saturated rings. The number of anilines is 1. The fraction of sp³-hybridized carbons (Fsp3) is 0.417. The maximum Gasteiger partial charge on any atom is 0.159 e. The Balaban J connectivity index is 1.94. The van der Waals surface area contributed by atoms with E-state index in [0.717, 1.165) is 36.8 Å². The van der Waals surface area contributed by atoms with Crippen molar-refractivity contribution in [1.29, 1.82) is 0 Å². The standard InChI is InChI=1S/C12H16N2O/c1-9(15)11-3-2-4-12(5-11)14-8-10-6-13-7-10/h2-5,10,13-14H,6-8H2,1H3. The molecule has 3 nitrogen and oxygen atoms in total. The van der Waals surface area contributed by atoms with Crippen LogP contribution in [0, 0.1) is 5.92 Å². The summed E-state index contributed by atoms with van der Waals surface area (Å²) in [6.45, 7) is 4.77. The molecule has 0 aliphatic carbocycles. The van der Waals surface area contributed by atoms with E-state index in [1.54, 1.807) is 6.92 Å². The largest absolute Gasteiger partial charge is 0.385 e. The summed E-state index contributed by atoms with van der Waals surface area (Å²) < 4.78 is 0. The van der Waals surface area contributed by atoms with E-state index in [1.165, 1.54) is 0 Å². The van der Waals surface area contributed by atoms with E-state index < -0.39 is 0 Å². The molecule has 15 heavy (non-hydrogen) atoms. The minimum absolute atomic E-state index is 0.115. The van der Waals surface area contributed by atoms with Gasteiger partial charge in [0.05, 0.1) is 0 Å². The molecule has 3 heteroatoms. The lowest BCUT2D eigenvalue weighted by Gasteiger charge is -2.27. The van der Waals surface area contributed by atoms with Crippen molar-refractivity contribution < 1.29 is 4.79 Å². The van der Waals surface area contributed by atoms with Crippen molar-refractivity contribution in [2.24, 2.45) is 5.92 Å². The zero-order valence-corrected chi connectivity index (χ0v) is 8.92. The van der Waals surface area contributed by atoms with Crippen LogP contribution in [0.15, 0.2) is 24.3 Å². The zero-order valence-electron chi connectivity index (χ0n) is 8.92. The number of Topliss-reactive ketones (excluding diaryl/α,β-unsaturated/α-hetero) is 1. The molecule has 2 rings (SSSR count). The van der Waals surface area contributed by atoms with Gasteiger partial charge in [-0.05, 0) is 19.1 Å². The second-order valence-electron chi connectivity index (χ2n) is 4.04. The second kappa shape index (κ2) is 4.45. The van der Waals surface area contributed by atoms with Crippen molar-refractivity contribution in [3.8, 4) is 0 Å². The number of nitrogens with one attached hydrogen (secondary N) is 2. The topological polar surface area (TPSA) is 41.1 Å². The summed E-state index contributed by atoms with van der Waals surface area (Å²) in [6.07, 6.45) is 0. The number of hydrogen-bond acceptors (Lipinski definition) is 3. The lowest BCUT2D eigenvalue weighted by atomic mass is 10.0. The molecular formula is C12H16N2O. The highest BCUT2D eigenvalue weighted by atomic mass is 16.1. The first-order chi connectivity index (χ1) is 7.25. The molecule has 0 amide bonds. The monoisotopic (exact) mass is 204 g/mol. The molecule has 0 radical (unpaired) electrons. The van der Waals surface area contributed by atoms with Gasteiger partial charge in [-0.1, -0.05) is 12.1 Å². The van der Waals surface area contributed by atoms with Crippen LogP contribution in [0.5, 0.6) is 0 Å². The zero-order chi connectivity index (χ0) is 10.7. The van der Waals surface area contributed by atoms with Crippen LogP contribution in [0.2, 0.25) is 0 Å². The van der Waals surface area contributed by atoms with E-state index in [-0.39, 0.29) is 5.78 Å². The molecule has 0 atom stereocenters. The highest BCUT2D eigenvalue weighted by Crippen LogP contribution is 2.12. The first kappa shape index (κ1) is 10.2. The van der Waals surface area contributed by atoms with Gasteiger partial charge >= 0.3 is 0 Å². The molecule has 0 saturated carbocycles. The van der Waals surface area contributed by atoms with Crippen LogP contribution in [0.3, 0.4) is 0 Å². The van der Waals surface area contributed by atoms with Gasteiger partial charge in [-0.2, -0.15) is 0 Å². The van der Waals surface area contributed by atoms with E-state index in [2.05, 4.69) is 10.6 Å². The molecule has 0 spiro atoms. The molecule has 1 aromatic carbocycles. The molecule has 1 aliphatic heterocycles. The number of hydrogen-bond donors (Lipinski definition) is 2. The van der Waals surface area contributed by atoms with Gasteiger partial charge < -0.3 is 10.6 Å². The third-order valence-electron chi connectivity index (χ3n) is 2.73. The molecule has 0 bridgehead atoms. The summed E-state index contributed by atoms with van der Waals surface area (Å²) in [4.78, 5) is 11.2. The van der Waals surface area contributed by atoms with Gasteiger partial charge in [-0.3, -0.25) is 4.79 Å². The van der Waals surface area contributed by atoms with Crippen molar-refractivity contribution in [3.63, 3.8) is 0 Å². The van der Waals surface area contributed by atoms with E-state index in [1.807, 2.05) is 24.3 Å². The average Bonchev–Trinajstić information content (AvgIpc) is 2.16. The number of benzene rings is 1. The first-order valence-electron chi connectivity index (χ1n) is 5.31. The van der Waals surface area contributed by atoms with Crippen molar-refractivity contribution in [2.75, 3.05) is 25.0 Å². The normalized spacial score (nSPS) is 15.8. The number of carbonyl (C=O) groups excluding carboxylic acids is 1. The highest BCUT2D eigenvalue weighted by molar-refractivity contribution is 5.94. The minimum atomic E-state index is 0.115. The third kappa shape index (κ3) is 2.57. The Morgan fingerprint density at radius 2 is 2.33 bits per heavy atom. The molecule has 1 aliphatic rings. The van der Waals surface area contributed by atoms with E-state index in [0.29, 0.717) is 0 Å². The Kier molecular flexibility index (Phi) is 3.02. The quantitative estimate of drug-likeness (QED) is 0.731. The van der Waals surface area contributed by atoms with Crippen molar-refractivity contribution in [2.45, 2.75) is 6.92 Å². The van der Waals surface area contributed by atoms with Crippen molar-refractivity contribution in [1.82, 2.24) is 5.32 Å². The number of rotatable bonds is 4. The van der Waals surface area contributed by atoms with Crippen molar-refractivity contribution in [3.05, 3.63) is 29.8 Å². The van der Waals surface area contributed by atoms with E-state index >= 15 is 0 Å². The van der Waals surface area contributed by atoms with Gasteiger partial charge in [0.15, 0.2) is 5.78 Å². The Hall–Kier alpha value is -1.35. The summed E-state index contributed by atoms with van der Waals surface area (Å²) in [5.41, 5.74) is 1.81. The SMILES string of the molecule is CC(=O)c1cccc(NCC2CNC2)c1. The fourth-order valence-electron chi connectivity index (χ4n) is 1.60. The molecule has 1 heterocycles. The molecular weight excluding hydrogens is 188 g/mol. The van der Waals surface area contributed by atoms with Gasteiger partial charge in [0, 0.05) is 36.8 Å². The Labute approximate surface area is 89.9 Å². The predicted molar refractivity (Wildman–Crippen MR) is 61.3 cm³/mol. The van der Waals surface area contributed by atoms with Crippen LogP contribution >= 0.6 is 0 Å². The smallest absolute Gasteiger partial charge is 0.159 e. The third-order valence-corrected chi connectivity index (χ3v) is 2.73. The van der Waals surface area contributed by atoms with Crippen LogP contribution in [0.25, 0.3) is 0 Å². The van der Waals surface area contributed by atoms with E-state index in [4.69, 9.17) is 0 Å². The van der Waals surface area contributed by atoms with Crippen LogP contribution in [0.1, 0.15) is 17.3 Å². The fourth-order valence-corrected chi connectivity index (χ4v) is 1.60. The summed E-state index contributed by atoms with van der Waals surface area (Å²) in [6, 6.07) is 7.67. The van der Waals surface area contributed by atoms with E-state index in [9.17, 15) is 4.79 Å². The maximum atomic E-state index is 11.2. The molecule has 0 unspecified atom stereocenters. The number of carbonyl (C=O) groups is 1. The summed E-state index contributed by atoms with van der Waals surface area (Å²) in [7, 11) is 0. The Bertz CT molecular complexity index is 358. The Morgan fingerprint density at radius 3 is 2.93 bits per heavy atom. The van der Waals surface area contributed by atoms with Crippen LogP contribution in [-0.2, 0) is 0 Å². The summed E-state index contributed by atoms with van der Waals surface area (Å²) in [5.74, 6) is 0.843. The lowest BCUT2D eigenvalue weighted by molar-refractivity contribution is 0.101. The molecule has 80 valence electrons. The predicted octanol–water partition coefficient (Wildman–Crippen LogP) is 1.52. The highest BCUT2D eigenvalue weighted by Gasteiger charge is 2.15. The average molecular weight is 204 g/mol. The van der Waals surface area contributed by atoms with Gasteiger partial charge in [-0.15, -0.1) is 0 Å². The van der Waals surface area contributed by atoms with Gasteiger partial charge in [0.1, 0.15) is 0 Å². The second-order valence-corrected chi connectivity index (χ2v) is 4.04. The van der Waals surface area contributed by atoms with Crippen molar-refractivity contribution >= 4 is 11.5 Å². The molecule has 1 saturated heterocycles. The minimum Gasteiger partial charge on any atom is -0.385 e. The lowest BCUT2D eigenvalue weighted by Crippen LogP contribution is -2.45. The summed E-state index contributed by atoms with van der Waals surface area (Å²) in [5, 5.41) is 6.58. The maximum absolute atomic E-state index is 11.2. The van der Waals surface area contributed by atoms with Crippen LogP contribution < -0.4 is 10.6 Å². The van der Waals surface area contributed by atoms with Crippen LogP contribution in [0.4, 0.5) is 5.69 Å². The van der Waals surface area contributed by atoms with Gasteiger partial charge in [0.25, 0.3) is 0 Å². The molecule has 1 aromatic rings. The molecule has 2 N–H and O–H groups in total. The number of ketones is 1. The Morgan fingerprint density at radius 1 is 1.53 bits per heavy atom. The van der Waals surface area contributed by atoms with Gasteiger partial charge in [-0.25, -0.2) is 0 Å². The summed E-state index contributed by atoms with van der Waals surface area (Å²) >= 11 is 0. The molecule has 0 aromatic heterocycles. The first-order valence-corrected chi connectivity index (χ1v) is 5.31.